The van der Waals surface area contributed by atoms with E-state index in [9.17, 15) is 0 Å². The van der Waals surface area contributed by atoms with Gasteiger partial charge in [-0.2, -0.15) is 0 Å². The normalized spacial score (nSPS) is 9.00. The molecule has 0 aliphatic heterocycles. The van der Waals surface area contributed by atoms with Crippen LogP contribution in [0, 0.1) is 0 Å². The summed E-state index contributed by atoms with van der Waals surface area (Å²) in [5.74, 6) is 0. The van der Waals surface area contributed by atoms with E-state index in [0.717, 1.165) is 0 Å². The third-order valence-corrected chi connectivity index (χ3v) is 0.319. The summed E-state index contributed by atoms with van der Waals surface area (Å²) in [4.78, 5) is 4.62. The van der Waals surface area contributed by atoms with Crippen molar-refractivity contribution in [1.82, 2.24) is 11.0 Å². The third-order valence-electron chi connectivity index (χ3n) is 0.319. The first-order valence-electron chi connectivity index (χ1n) is 1.95. The maximum absolute atomic E-state index is 4.62. The summed E-state index contributed by atoms with van der Waals surface area (Å²) >= 11 is 0. The van der Waals surface area contributed by atoms with Crippen LogP contribution in [0.25, 0.3) is 0 Å². The van der Waals surface area contributed by atoms with Crippen molar-refractivity contribution in [3.05, 3.63) is 0 Å². The van der Waals surface area contributed by atoms with E-state index < -0.39 is 0 Å². The zero-order chi connectivity index (χ0) is 4.83. The largest absolute Gasteiger partial charge is 0.287 e. The lowest BCUT2D eigenvalue weighted by molar-refractivity contribution is 0.0254. The molecule has 0 aliphatic rings. The maximum atomic E-state index is 4.62. The Morgan fingerprint density at radius 2 is 2.33 bits per heavy atom. The van der Waals surface area contributed by atoms with Gasteiger partial charge in [-0.15, -0.1) is 5.59 Å². The second kappa shape index (κ2) is 4.88. The van der Waals surface area contributed by atoms with Crippen molar-refractivity contribution in [2.75, 3.05) is 13.7 Å². The van der Waals surface area contributed by atoms with E-state index in [0.29, 0.717) is 6.61 Å². The van der Waals surface area contributed by atoms with Crippen molar-refractivity contribution in [3.63, 3.8) is 0 Å². The minimum absolute atomic E-state index is 0.681. The van der Waals surface area contributed by atoms with Gasteiger partial charge in [0.2, 0.25) is 0 Å². The summed E-state index contributed by atoms with van der Waals surface area (Å²) < 4.78 is 0. The molecular weight excluding hydrogens is 80.0 g/mol. The van der Waals surface area contributed by atoms with Crippen molar-refractivity contribution in [2.45, 2.75) is 6.92 Å². The van der Waals surface area contributed by atoms with Gasteiger partial charge in [0.25, 0.3) is 0 Å². The smallest absolute Gasteiger partial charge is 0.0670 e. The molecule has 0 atom stereocenters. The van der Waals surface area contributed by atoms with E-state index in [-0.39, 0.29) is 0 Å². The average Bonchev–Trinajstić information content (AvgIpc) is 1.61. The van der Waals surface area contributed by atoms with Gasteiger partial charge in [0, 0.05) is 7.05 Å². The van der Waals surface area contributed by atoms with Crippen molar-refractivity contribution in [3.8, 4) is 0 Å². The highest BCUT2D eigenvalue weighted by molar-refractivity contribution is 4.00. The molecule has 0 amide bonds. The second-order valence-electron chi connectivity index (χ2n) is 0.785. The SMILES string of the molecule is CCONNC. The van der Waals surface area contributed by atoms with Gasteiger partial charge in [0.1, 0.15) is 0 Å². The van der Waals surface area contributed by atoms with Crippen LogP contribution in [-0.4, -0.2) is 13.7 Å². The maximum Gasteiger partial charge on any atom is 0.0670 e. The Morgan fingerprint density at radius 1 is 1.67 bits per heavy atom. The minimum atomic E-state index is 0.681. The zero-order valence-corrected chi connectivity index (χ0v) is 4.12. The molecule has 0 aliphatic carbocycles. The van der Waals surface area contributed by atoms with Crippen LogP contribution in [0.1, 0.15) is 6.92 Å². The van der Waals surface area contributed by atoms with Crippen molar-refractivity contribution in [2.24, 2.45) is 0 Å². The van der Waals surface area contributed by atoms with Crippen molar-refractivity contribution < 1.29 is 4.84 Å². The van der Waals surface area contributed by atoms with Crippen LogP contribution in [0.15, 0.2) is 0 Å². The molecule has 38 valence electrons. The standard InChI is InChI=1S/C3H10N2O/c1-3-6-5-4-2/h4-5H,3H2,1-2H3. The van der Waals surface area contributed by atoms with Crippen LogP contribution in [0.3, 0.4) is 0 Å². The van der Waals surface area contributed by atoms with E-state index in [1.165, 1.54) is 0 Å². The minimum Gasteiger partial charge on any atom is -0.287 e. The quantitative estimate of drug-likeness (QED) is 0.367. The van der Waals surface area contributed by atoms with Gasteiger partial charge in [-0.05, 0) is 6.92 Å². The fourth-order valence-corrected chi connectivity index (χ4v) is 0.144. The molecule has 0 aromatic carbocycles. The summed E-state index contributed by atoms with van der Waals surface area (Å²) in [5, 5.41) is 0. The summed E-state index contributed by atoms with van der Waals surface area (Å²) in [6.45, 7) is 2.59. The van der Waals surface area contributed by atoms with Gasteiger partial charge in [-0.25, -0.2) is 5.43 Å². The molecule has 0 aromatic rings. The highest BCUT2D eigenvalue weighted by Crippen LogP contribution is 1.53. The van der Waals surface area contributed by atoms with Gasteiger partial charge in [-0.1, -0.05) is 0 Å². The zero-order valence-electron chi connectivity index (χ0n) is 4.12. The molecule has 0 heterocycles. The Bertz CT molecular complexity index is 20.8. The van der Waals surface area contributed by atoms with Crippen LogP contribution < -0.4 is 11.0 Å². The second-order valence-corrected chi connectivity index (χ2v) is 0.785. The highest BCUT2D eigenvalue weighted by atomic mass is 16.7. The molecule has 0 bridgehead atoms. The predicted molar refractivity (Wildman–Crippen MR) is 23.8 cm³/mol. The fourth-order valence-electron chi connectivity index (χ4n) is 0.144. The molecule has 6 heavy (non-hydrogen) atoms. The van der Waals surface area contributed by atoms with E-state index in [2.05, 4.69) is 15.9 Å². The monoisotopic (exact) mass is 90.1 g/mol. The molecule has 0 rings (SSSR count). The molecule has 0 radical (unpaired) electrons. The Hall–Kier alpha value is -0.120. The lowest BCUT2D eigenvalue weighted by Crippen LogP contribution is -2.27. The van der Waals surface area contributed by atoms with Gasteiger partial charge in [-0.3, -0.25) is 4.84 Å². The predicted octanol–water partition coefficient (Wildman–Crippen LogP) is -0.338. The highest BCUT2D eigenvalue weighted by Gasteiger charge is 1.67. The molecule has 0 aromatic heterocycles. The van der Waals surface area contributed by atoms with Crippen LogP contribution in [0.4, 0.5) is 0 Å². The van der Waals surface area contributed by atoms with Crippen LogP contribution >= 0.6 is 0 Å². The summed E-state index contributed by atoms with van der Waals surface area (Å²) in [6, 6.07) is 0. The molecular formula is C3H10N2O. The lowest BCUT2D eigenvalue weighted by atomic mass is 10.9. The van der Waals surface area contributed by atoms with E-state index in [1.807, 2.05) is 6.92 Å². The molecule has 3 heteroatoms. The Morgan fingerprint density at radius 3 is 2.50 bits per heavy atom. The average molecular weight is 90.1 g/mol. The number of hydrogen-bond donors (Lipinski definition) is 2. The van der Waals surface area contributed by atoms with E-state index in [1.54, 1.807) is 7.05 Å². The third kappa shape index (κ3) is 3.88. The molecule has 0 spiro atoms. The van der Waals surface area contributed by atoms with Gasteiger partial charge in [0.05, 0.1) is 6.61 Å². The van der Waals surface area contributed by atoms with Crippen LogP contribution in [-0.2, 0) is 4.84 Å². The number of hydrogen-bond acceptors (Lipinski definition) is 3. The molecule has 0 saturated carbocycles. The summed E-state index contributed by atoms with van der Waals surface area (Å²) in [7, 11) is 1.75. The first-order chi connectivity index (χ1) is 2.91. The Balaban J connectivity index is 2.34. The number of nitrogens with one attached hydrogen (secondary N) is 2. The van der Waals surface area contributed by atoms with Gasteiger partial charge < -0.3 is 0 Å². The van der Waals surface area contributed by atoms with Crippen LogP contribution in [0.5, 0.6) is 0 Å². The molecule has 0 unspecified atom stereocenters. The fraction of sp³-hybridized carbons (Fsp3) is 1.00. The number of rotatable bonds is 3. The molecule has 0 saturated heterocycles. The topological polar surface area (TPSA) is 33.3 Å². The van der Waals surface area contributed by atoms with E-state index in [4.69, 9.17) is 0 Å². The summed E-state index contributed by atoms with van der Waals surface area (Å²) in [5.41, 5.74) is 5.04. The van der Waals surface area contributed by atoms with Crippen molar-refractivity contribution in [1.29, 1.82) is 0 Å². The first-order valence-corrected chi connectivity index (χ1v) is 1.95. The van der Waals surface area contributed by atoms with Gasteiger partial charge in [0.15, 0.2) is 0 Å². The lowest BCUT2D eigenvalue weighted by Gasteiger charge is -1.96. The van der Waals surface area contributed by atoms with Gasteiger partial charge >= 0.3 is 0 Å². The summed E-state index contributed by atoms with van der Waals surface area (Å²) in [6.07, 6.45) is 0. The number of hydrazine groups is 1. The molecule has 2 N–H and O–H groups in total. The first kappa shape index (κ1) is 5.88. The molecule has 3 nitrogen and oxygen atoms in total. The Kier molecular flexibility index (Phi) is 4.78. The van der Waals surface area contributed by atoms with Crippen LogP contribution in [0.2, 0.25) is 0 Å². The molecule has 0 fully saturated rings. The van der Waals surface area contributed by atoms with Crippen molar-refractivity contribution >= 4 is 0 Å². The Labute approximate surface area is 37.6 Å². The van der Waals surface area contributed by atoms with E-state index >= 15 is 0 Å².